The van der Waals surface area contributed by atoms with Gasteiger partial charge in [-0.2, -0.15) is 5.10 Å². The standard InChI is InChI=1S/C11H14N4O2S/c1-8(6-15-4-2-3-13-15)12-5-9-7-18-10(14-9)11(16)17/h2-4,7-8,12H,5-6H2,1H3,(H,16,17). The topological polar surface area (TPSA) is 80.0 Å². The first-order valence-electron chi connectivity index (χ1n) is 5.53. The van der Waals surface area contributed by atoms with Crippen molar-refractivity contribution in [1.82, 2.24) is 20.1 Å². The Bertz CT molecular complexity index is 509. The van der Waals surface area contributed by atoms with Crippen LogP contribution >= 0.6 is 11.3 Å². The van der Waals surface area contributed by atoms with Crippen molar-refractivity contribution in [2.45, 2.75) is 26.1 Å². The van der Waals surface area contributed by atoms with Gasteiger partial charge in [-0.05, 0) is 13.0 Å². The molecule has 6 nitrogen and oxygen atoms in total. The highest BCUT2D eigenvalue weighted by Gasteiger charge is 2.09. The van der Waals surface area contributed by atoms with E-state index in [4.69, 9.17) is 5.11 Å². The first kappa shape index (κ1) is 12.7. The van der Waals surface area contributed by atoms with Crippen molar-refractivity contribution in [3.63, 3.8) is 0 Å². The summed E-state index contributed by atoms with van der Waals surface area (Å²) in [7, 11) is 0. The van der Waals surface area contributed by atoms with Gasteiger partial charge >= 0.3 is 5.97 Å². The fourth-order valence-corrected chi connectivity index (χ4v) is 2.17. The lowest BCUT2D eigenvalue weighted by molar-refractivity contribution is 0.0696. The van der Waals surface area contributed by atoms with Gasteiger partial charge in [-0.1, -0.05) is 0 Å². The Kier molecular flexibility index (Phi) is 4.06. The summed E-state index contributed by atoms with van der Waals surface area (Å²) in [5.41, 5.74) is 0.754. The molecule has 0 aliphatic heterocycles. The maximum Gasteiger partial charge on any atom is 0.365 e. The van der Waals surface area contributed by atoms with Crippen molar-refractivity contribution in [3.8, 4) is 0 Å². The van der Waals surface area contributed by atoms with Crippen LogP contribution in [-0.4, -0.2) is 31.9 Å². The van der Waals surface area contributed by atoms with Crippen LogP contribution in [0.4, 0.5) is 0 Å². The average Bonchev–Trinajstić information content (AvgIpc) is 2.96. The summed E-state index contributed by atoms with van der Waals surface area (Å²) < 4.78 is 1.85. The van der Waals surface area contributed by atoms with Gasteiger partial charge in [0.05, 0.1) is 12.2 Å². The average molecular weight is 266 g/mol. The Morgan fingerprint density at radius 3 is 3.11 bits per heavy atom. The van der Waals surface area contributed by atoms with Crippen molar-refractivity contribution >= 4 is 17.3 Å². The fourth-order valence-electron chi connectivity index (χ4n) is 1.52. The largest absolute Gasteiger partial charge is 0.476 e. The Balaban J connectivity index is 1.81. The van der Waals surface area contributed by atoms with Crippen LogP contribution in [0.3, 0.4) is 0 Å². The predicted octanol–water partition coefficient (Wildman–Crippen LogP) is 1.22. The minimum absolute atomic E-state index is 0.131. The molecule has 1 atom stereocenters. The van der Waals surface area contributed by atoms with Gasteiger partial charge in [0.25, 0.3) is 0 Å². The van der Waals surface area contributed by atoms with E-state index in [1.165, 1.54) is 0 Å². The second-order valence-electron chi connectivity index (χ2n) is 3.96. The molecular weight excluding hydrogens is 252 g/mol. The van der Waals surface area contributed by atoms with E-state index in [-0.39, 0.29) is 11.0 Å². The number of carbonyl (C=O) groups is 1. The summed E-state index contributed by atoms with van der Waals surface area (Å²) in [5, 5.41) is 18.1. The lowest BCUT2D eigenvalue weighted by Gasteiger charge is -2.12. The van der Waals surface area contributed by atoms with Crippen LogP contribution < -0.4 is 5.32 Å². The number of nitrogens with zero attached hydrogens (tertiary/aromatic N) is 3. The summed E-state index contributed by atoms with van der Waals surface area (Å²) >= 11 is 1.15. The highest BCUT2D eigenvalue weighted by Crippen LogP contribution is 2.09. The van der Waals surface area contributed by atoms with E-state index in [9.17, 15) is 4.79 Å². The van der Waals surface area contributed by atoms with Crippen LogP contribution in [0, 0.1) is 0 Å². The molecule has 0 saturated heterocycles. The van der Waals surface area contributed by atoms with Crippen molar-refractivity contribution in [3.05, 3.63) is 34.5 Å². The highest BCUT2D eigenvalue weighted by atomic mass is 32.1. The van der Waals surface area contributed by atoms with E-state index in [1.807, 2.05) is 23.9 Å². The van der Waals surface area contributed by atoms with E-state index in [0.29, 0.717) is 6.54 Å². The molecule has 0 bridgehead atoms. The molecule has 18 heavy (non-hydrogen) atoms. The van der Waals surface area contributed by atoms with Crippen LogP contribution in [0.15, 0.2) is 23.8 Å². The lowest BCUT2D eigenvalue weighted by atomic mass is 10.3. The van der Waals surface area contributed by atoms with E-state index >= 15 is 0 Å². The molecular formula is C11H14N4O2S. The van der Waals surface area contributed by atoms with Gasteiger partial charge < -0.3 is 10.4 Å². The molecule has 2 heterocycles. The zero-order valence-corrected chi connectivity index (χ0v) is 10.7. The summed E-state index contributed by atoms with van der Waals surface area (Å²) in [6.45, 7) is 3.38. The van der Waals surface area contributed by atoms with Gasteiger partial charge in [-0.25, -0.2) is 9.78 Å². The van der Waals surface area contributed by atoms with Crippen LogP contribution in [0.25, 0.3) is 0 Å². The number of carboxylic acid groups (broad SMARTS) is 1. The molecule has 7 heteroatoms. The normalized spacial score (nSPS) is 12.5. The molecule has 2 N–H and O–H groups in total. The summed E-state index contributed by atoms with van der Waals surface area (Å²) in [6, 6.07) is 2.12. The molecule has 0 amide bonds. The Labute approximate surface area is 108 Å². The maximum atomic E-state index is 10.7. The molecule has 0 spiro atoms. The third-order valence-electron chi connectivity index (χ3n) is 2.39. The first-order chi connectivity index (χ1) is 8.65. The van der Waals surface area contributed by atoms with Crippen molar-refractivity contribution in [2.24, 2.45) is 0 Å². The second kappa shape index (κ2) is 5.74. The molecule has 2 aromatic rings. The molecule has 2 rings (SSSR count). The van der Waals surface area contributed by atoms with Gasteiger partial charge in [-0.3, -0.25) is 4.68 Å². The van der Waals surface area contributed by atoms with Gasteiger partial charge in [-0.15, -0.1) is 11.3 Å². The molecule has 2 aromatic heterocycles. The van der Waals surface area contributed by atoms with Crippen LogP contribution in [-0.2, 0) is 13.1 Å². The molecule has 1 unspecified atom stereocenters. The number of hydrogen-bond donors (Lipinski definition) is 2. The monoisotopic (exact) mass is 266 g/mol. The van der Waals surface area contributed by atoms with Crippen LogP contribution in [0.2, 0.25) is 0 Å². The SMILES string of the molecule is CC(Cn1cccn1)NCc1csc(C(=O)O)n1. The molecule has 0 saturated carbocycles. The van der Waals surface area contributed by atoms with E-state index < -0.39 is 5.97 Å². The second-order valence-corrected chi connectivity index (χ2v) is 4.82. The van der Waals surface area contributed by atoms with Crippen molar-refractivity contribution in [2.75, 3.05) is 0 Å². The molecule has 0 radical (unpaired) electrons. The molecule has 0 fully saturated rings. The number of aromatic nitrogens is 3. The molecule has 0 aromatic carbocycles. The van der Waals surface area contributed by atoms with Gasteiger partial charge in [0.1, 0.15) is 0 Å². The third-order valence-corrected chi connectivity index (χ3v) is 3.27. The Morgan fingerprint density at radius 1 is 1.67 bits per heavy atom. The zero-order chi connectivity index (χ0) is 13.0. The quantitative estimate of drug-likeness (QED) is 0.821. The summed E-state index contributed by atoms with van der Waals surface area (Å²) in [5.74, 6) is -0.976. The molecule has 0 aliphatic rings. The molecule has 96 valence electrons. The smallest absolute Gasteiger partial charge is 0.365 e. The predicted molar refractivity (Wildman–Crippen MR) is 67.6 cm³/mol. The van der Waals surface area contributed by atoms with Gasteiger partial charge in [0.15, 0.2) is 0 Å². The molecule has 0 aliphatic carbocycles. The summed E-state index contributed by atoms with van der Waals surface area (Å²) in [4.78, 5) is 14.7. The number of rotatable bonds is 6. The minimum atomic E-state index is -0.976. The van der Waals surface area contributed by atoms with Crippen molar-refractivity contribution in [1.29, 1.82) is 0 Å². The van der Waals surface area contributed by atoms with E-state index in [0.717, 1.165) is 23.6 Å². The van der Waals surface area contributed by atoms with E-state index in [2.05, 4.69) is 15.4 Å². The van der Waals surface area contributed by atoms with Crippen molar-refractivity contribution < 1.29 is 9.90 Å². The van der Waals surface area contributed by atoms with E-state index in [1.54, 1.807) is 11.6 Å². The summed E-state index contributed by atoms with van der Waals surface area (Å²) in [6.07, 6.45) is 3.65. The van der Waals surface area contributed by atoms with Gasteiger partial charge in [0.2, 0.25) is 5.01 Å². The van der Waals surface area contributed by atoms with Crippen LogP contribution in [0.5, 0.6) is 0 Å². The fraction of sp³-hybridized carbons (Fsp3) is 0.364. The zero-order valence-electron chi connectivity index (χ0n) is 9.91. The number of aromatic carboxylic acids is 1. The number of hydrogen-bond acceptors (Lipinski definition) is 5. The lowest BCUT2D eigenvalue weighted by Crippen LogP contribution is -2.30. The highest BCUT2D eigenvalue weighted by molar-refractivity contribution is 7.11. The number of thiazole rings is 1. The minimum Gasteiger partial charge on any atom is -0.476 e. The maximum absolute atomic E-state index is 10.7. The Morgan fingerprint density at radius 2 is 2.50 bits per heavy atom. The van der Waals surface area contributed by atoms with Gasteiger partial charge in [0, 0.05) is 30.4 Å². The van der Waals surface area contributed by atoms with Crippen LogP contribution in [0.1, 0.15) is 22.4 Å². The number of nitrogens with one attached hydrogen (secondary N) is 1. The number of carboxylic acids is 1. The first-order valence-corrected chi connectivity index (χ1v) is 6.41. The third kappa shape index (κ3) is 3.38. The Hall–Kier alpha value is -1.73.